The van der Waals surface area contributed by atoms with E-state index in [1.165, 1.54) is 0 Å². The molecule has 0 N–H and O–H groups in total. The molecule has 0 fully saturated rings. The molecule has 0 saturated heterocycles. The van der Waals surface area contributed by atoms with Gasteiger partial charge in [-0.05, 0) is 19.9 Å². The summed E-state index contributed by atoms with van der Waals surface area (Å²) in [5.41, 5.74) is 0.899. The third-order valence-electron chi connectivity index (χ3n) is 2.56. The van der Waals surface area contributed by atoms with Crippen LogP contribution in [0.15, 0.2) is 29.2 Å². The average Bonchev–Trinajstić information content (AvgIpc) is 2.27. The predicted octanol–water partition coefficient (Wildman–Crippen LogP) is -0.0143. The van der Waals surface area contributed by atoms with Gasteiger partial charge >= 0.3 is 18.9 Å². The molecule has 1 aliphatic rings. The fourth-order valence-electron chi connectivity index (χ4n) is 1.58. The van der Waals surface area contributed by atoms with Crippen molar-refractivity contribution in [1.29, 1.82) is 0 Å². The summed E-state index contributed by atoms with van der Waals surface area (Å²) < 4.78 is 12.1. The van der Waals surface area contributed by atoms with Crippen LogP contribution in [-0.2, 0) is 10.8 Å². The van der Waals surface area contributed by atoms with Gasteiger partial charge in [-0.2, -0.15) is 0 Å². The van der Waals surface area contributed by atoms with Crippen LogP contribution in [0.4, 0.5) is 5.69 Å². The predicted molar refractivity (Wildman–Crippen MR) is 59.4 cm³/mol. The van der Waals surface area contributed by atoms with Crippen LogP contribution >= 0.6 is 0 Å². The maximum absolute atomic E-state index is 12.2. The van der Waals surface area contributed by atoms with E-state index in [0.29, 0.717) is 0 Å². The number of rotatable bonds is 0. The summed E-state index contributed by atoms with van der Waals surface area (Å²) in [5.74, 6) is 0. The number of benzene rings is 1. The van der Waals surface area contributed by atoms with Crippen molar-refractivity contribution in [2.45, 2.75) is 29.9 Å². The standard InChI is InChI=1S/C11H14NOS.Li/c1-11(2)7-8-12-9-5-3-4-6-10(9)14(11)13;/h3-6H,7-8H2,1-2H3;/q-1;+1. The van der Waals surface area contributed by atoms with E-state index in [1.807, 2.05) is 38.1 Å². The quantitative estimate of drug-likeness (QED) is 0.560. The molecule has 76 valence electrons. The van der Waals surface area contributed by atoms with Crippen LogP contribution in [0.3, 0.4) is 0 Å². The van der Waals surface area contributed by atoms with Crippen LogP contribution < -0.4 is 18.9 Å². The van der Waals surface area contributed by atoms with Crippen molar-refractivity contribution in [3.63, 3.8) is 0 Å². The van der Waals surface area contributed by atoms with E-state index in [9.17, 15) is 4.21 Å². The van der Waals surface area contributed by atoms with Crippen molar-refractivity contribution in [3.05, 3.63) is 29.6 Å². The Kier molecular flexibility index (Phi) is 4.05. The molecule has 15 heavy (non-hydrogen) atoms. The largest absolute Gasteiger partial charge is 1.00 e. The van der Waals surface area contributed by atoms with Gasteiger partial charge in [0.25, 0.3) is 0 Å². The van der Waals surface area contributed by atoms with E-state index >= 15 is 0 Å². The van der Waals surface area contributed by atoms with E-state index in [-0.39, 0.29) is 23.6 Å². The molecule has 2 rings (SSSR count). The molecular weight excluding hydrogens is 201 g/mol. The summed E-state index contributed by atoms with van der Waals surface area (Å²) >= 11 is 0. The van der Waals surface area contributed by atoms with Crippen molar-refractivity contribution >= 4 is 16.5 Å². The first-order valence-corrected chi connectivity index (χ1v) is 5.95. The number of nitrogens with zero attached hydrogens (tertiary/aromatic N) is 1. The fraction of sp³-hybridized carbons (Fsp3) is 0.455. The third kappa shape index (κ3) is 2.47. The van der Waals surface area contributed by atoms with Gasteiger partial charge in [-0.1, -0.05) is 24.6 Å². The second-order valence-electron chi connectivity index (χ2n) is 4.13. The Hall–Kier alpha value is -0.233. The summed E-state index contributed by atoms with van der Waals surface area (Å²) in [6.07, 6.45) is 0.883. The molecule has 4 heteroatoms. The van der Waals surface area contributed by atoms with Crippen molar-refractivity contribution in [3.8, 4) is 0 Å². The van der Waals surface area contributed by atoms with Crippen molar-refractivity contribution < 1.29 is 23.1 Å². The summed E-state index contributed by atoms with van der Waals surface area (Å²) in [7, 11) is -0.937. The monoisotopic (exact) mass is 215 g/mol. The molecule has 2 nitrogen and oxygen atoms in total. The van der Waals surface area contributed by atoms with Gasteiger partial charge in [0, 0.05) is 9.64 Å². The van der Waals surface area contributed by atoms with Crippen LogP contribution in [-0.4, -0.2) is 15.5 Å². The Bertz CT molecular complexity index is 379. The Balaban J connectivity index is 0.00000112. The van der Waals surface area contributed by atoms with Crippen molar-refractivity contribution in [1.82, 2.24) is 0 Å². The number of fused-ring (bicyclic) bond motifs is 1. The minimum atomic E-state index is -0.937. The Morgan fingerprint density at radius 3 is 2.73 bits per heavy atom. The summed E-state index contributed by atoms with van der Waals surface area (Å²) in [6.45, 7) is 4.86. The number of hydrogen-bond acceptors (Lipinski definition) is 1. The van der Waals surface area contributed by atoms with Crippen LogP contribution in [0.2, 0.25) is 0 Å². The maximum atomic E-state index is 12.2. The second kappa shape index (κ2) is 4.74. The molecule has 1 aromatic carbocycles. The van der Waals surface area contributed by atoms with Gasteiger partial charge < -0.3 is 5.32 Å². The molecule has 0 aromatic heterocycles. The van der Waals surface area contributed by atoms with Crippen LogP contribution in [0.25, 0.3) is 5.32 Å². The first-order valence-electron chi connectivity index (χ1n) is 4.80. The zero-order chi connectivity index (χ0) is 10.2. The molecule has 1 atom stereocenters. The minimum Gasteiger partial charge on any atom is -0.683 e. The average molecular weight is 215 g/mol. The first kappa shape index (κ1) is 12.8. The summed E-state index contributed by atoms with van der Waals surface area (Å²) in [5, 5.41) is 4.44. The summed E-state index contributed by atoms with van der Waals surface area (Å²) in [4.78, 5) is 0.884. The van der Waals surface area contributed by atoms with Gasteiger partial charge in [-0.25, -0.2) is 0 Å². The molecule has 0 spiro atoms. The molecule has 0 amide bonds. The van der Waals surface area contributed by atoms with Gasteiger partial charge in [-0.3, -0.25) is 4.21 Å². The van der Waals surface area contributed by atoms with Gasteiger partial charge in [0.1, 0.15) is 0 Å². The Labute approximate surface area is 105 Å². The van der Waals surface area contributed by atoms with E-state index in [0.717, 1.165) is 23.5 Å². The Morgan fingerprint density at radius 1 is 1.33 bits per heavy atom. The van der Waals surface area contributed by atoms with Crippen LogP contribution in [0.5, 0.6) is 0 Å². The van der Waals surface area contributed by atoms with Gasteiger partial charge in [0.2, 0.25) is 0 Å². The van der Waals surface area contributed by atoms with Gasteiger partial charge in [0.05, 0.1) is 10.8 Å². The van der Waals surface area contributed by atoms with Crippen LogP contribution in [0, 0.1) is 0 Å². The SMILES string of the molecule is CC1(C)CC[N-]c2ccccc2S1=O.[Li+]. The third-order valence-corrected chi connectivity index (χ3v) is 4.52. The van der Waals surface area contributed by atoms with E-state index in [1.54, 1.807) is 0 Å². The molecule has 0 saturated carbocycles. The van der Waals surface area contributed by atoms with Crippen molar-refractivity contribution in [2.24, 2.45) is 0 Å². The van der Waals surface area contributed by atoms with Gasteiger partial charge in [0.15, 0.2) is 0 Å². The summed E-state index contributed by atoms with van der Waals surface area (Å²) in [6, 6.07) is 7.72. The normalized spacial score (nSPS) is 22.9. The molecule has 0 bridgehead atoms. The van der Waals surface area contributed by atoms with E-state index in [4.69, 9.17) is 0 Å². The molecule has 0 aliphatic carbocycles. The minimum absolute atomic E-state index is 0. The maximum Gasteiger partial charge on any atom is 1.00 e. The molecular formula is C11H14LiNOS. The van der Waals surface area contributed by atoms with Crippen LogP contribution in [0.1, 0.15) is 20.3 Å². The zero-order valence-electron chi connectivity index (χ0n) is 9.49. The fourth-order valence-corrected chi connectivity index (χ4v) is 2.98. The second-order valence-corrected chi connectivity index (χ2v) is 6.21. The molecule has 1 heterocycles. The number of hydrogen-bond donors (Lipinski definition) is 0. The smallest absolute Gasteiger partial charge is 0.683 e. The zero-order valence-corrected chi connectivity index (χ0v) is 10.3. The molecule has 1 aliphatic heterocycles. The Morgan fingerprint density at radius 2 is 2.00 bits per heavy atom. The molecule has 1 aromatic rings. The number of para-hydroxylation sites is 1. The molecule has 1 unspecified atom stereocenters. The first-order chi connectivity index (χ1) is 6.61. The van der Waals surface area contributed by atoms with Gasteiger partial charge in [-0.15, -0.1) is 12.2 Å². The molecule has 0 radical (unpaired) electrons. The van der Waals surface area contributed by atoms with E-state index < -0.39 is 10.8 Å². The van der Waals surface area contributed by atoms with E-state index in [2.05, 4.69) is 5.32 Å². The topological polar surface area (TPSA) is 31.2 Å². The van der Waals surface area contributed by atoms with Crippen molar-refractivity contribution in [2.75, 3.05) is 6.54 Å².